The molecule has 1 unspecified atom stereocenters. The molecular formula is C10H21NOS. The molecule has 1 fully saturated rings. The Morgan fingerprint density at radius 1 is 1.38 bits per heavy atom. The Kier molecular flexibility index (Phi) is 4.56. The van der Waals surface area contributed by atoms with Crippen LogP contribution in [-0.4, -0.2) is 47.8 Å². The highest BCUT2D eigenvalue weighted by atomic mass is 32.2. The maximum absolute atomic E-state index is 9.28. The molecule has 0 amide bonds. The summed E-state index contributed by atoms with van der Waals surface area (Å²) in [5.74, 6) is 2.51. The second-order valence-electron chi connectivity index (χ2n) is 4.21. The van der Waals surface area contributed by atoms with Gasteiger partial charge in [0.15, 0.2) is 0 Å². The quantitative estimate of drug-likeness (QED) is 0.748. The number of rotatable bonds is 4. The Balaban J connectivity index is 2.35. The molecule has 78 valence electrons. The number of aliphatic hydroxyl groups excluding tert-OH is 1. The van der Waals surface area contributed by atoms with E-state index in [4.69, 9.17) is 0 Å². The van der Waals surface area contributed by atoms with Gasteiger partial charge >= 0.3 is 0 Å². The third kappa shape index (κ3) is 3.49. The molecule has 0 radical (unpaired) electrons. The van der Waals surface area contributed by atoms with Gasteiger partial charge in [-0.1, -0.05) is 13.8 Å². The smallest absolute Gasteiger partial charge is 0.0496 e. The first-order valence-corrected chi connectivity index (χ1v) is 6.26. The molecule has 0 aromatic rings. The lowest BCUT2D eigenvalue weighted by molar-refractivity contribution is 0.0891. The molecule has 1 heterocycles. The molecule has 3 heteroatoms. The van der Waals surface area contributed by atoms with Gasteiger partial charge in [0.2, 0.25) is 0 Å². The zero-order chi connectivity index (χ0) is 9.73. The zero-order valence-corrected chi connectivity index (χ0v) is 9.57. The Labute approximate surface area is 85.7 Å². The van der Waals surface area contributed by atoms with Crippen molar-refractivity contribution in [2.24, 2.45) is 5.41 Å². The van der Waals surface area contributed by atoms with E-state index in [1.165, 1.54) is 24.6 Å². The van der Waals surface area contributed by atoms with E-state index in [0.29, 0.717) is 6.61 Å². The van der Waals surface area contributed by atoms with Crippen LogP contribution in [0.5, 0.6) is 0 Å². The van der Waals surface area contributed by atoms with Crippen LogP contribution in [0.1, 0.15) is 20.3 Å². The second kappa shape index (κ2) is 5.23. The van der Waals surface area contributed by atoms with Crippen molar-refractivity contribution < 1.29 is 5.11 Å². The van der Waals surface area contributed by atoms with Gasteiger partial charge in [0.05, 0.1) is 0 Å². The molecule has 1 N–H and O–H groups in total. The van der Waals surface area contributed by atoms with Crippen LogP contribution in [0, 0.1) is 5.41 Å². The minimum Gasteiger partial charge on any atom is -0.396 e. The number of nitrogens with zero attached hydrogens (tertiary/aromatic N) is 1. The Hall–Kier alpha value is 0.270. The molecule has 0 bridgehead atoms. The number of hydrogen-bond donors (Lipinski definition) is 1. The summed E-state index contributed by atoms with van der Waals surface area (Å²) in [5.41, 5.74) is 0.113. The molecule has 0 aromatic carbocycles. The van der Waals surface area contributed by atoms with Crippen molar-refractivity contribution in [1.82, 2.24) is 4.90 Å². The van der Waals surface area contributed by atoms with Crippen molar-refractivity contribution in [3.8, 4) is 0 Å². The van der Waals surface area contributed by atoms with Gasteiger partial charge in [0.25, 0.3) is 0 Å². The first-order valence-electron chi connectivity index (χ1n) is 5.11. The minimum atomic E-state index is 0.113. The molecular weight excluding hydrogens is 182 g/mol. The predicted molar refractivity (Wildman–Crippen MR) is 59.2 cm³/mol. The average molecular weight is 203 g/mol. The summed E-state index contributed by atoms with van der Waals surface area (Å²) in [4.78, 5) is 2.48. The fourth-order valence-electron chi connectivity index (χ4n) is 1.57. The second-order valence-corrected chi connectivity index (χ2v) is 5.44. The van der Waals surface area contributed by atoms with Crippen LogP contribution in [0.4, 0.5) is 0 Å². The highest BCUT2D eigenvalue weighted by Crippen LogP contribution is 2.23. The molecule has 13 heavy (non-hydrogen) atoms. The summed E-state index contributed by atoms with van der Waals surface area (Å²) in [6.45, 7) is 8.10. The van der Waals surface area contributed by atoms with Gasteiger partial charge in [-0.25, -0.2) is 0 Å². The van der Waals surface area contributed by atoms with E-state index in [-0.39, 0.29) is 5.41 Å². The van der Waals surface area contributed by atoms with Gasteiger partial charge in [-0.15, -0.1) is 0 Å². The van der Waals surface area contributed by atoms with Crippen molar-refractivity contribution in [3.63, 3.8) is 0 Å². The number of aliphatic hydroxyl groups is 1. The van der Waals surface area contributed by atoms with Gasteiger partial charge in [-0.05, 0) is 6.42 Å². The predicted octanol–water partition coefficient (Wildman–Crippen LogP) is 1.44. The van der Waals surface area contributed by atoms with Crippen LogP contribution in [0.25, 0.3) is 0 Å². The van der Waals surface area contributed by atoms with E-state index < -0.39 is 0 Å². The summed E-state index contributed by atoms with van der Waals surface area (Å²) in [7, 11) is 0. The van der Waals surface area contributed by atoms with Crippen molar-refractivity contribution in [2.75, 3.05) is 37.7 Å². The summed E-state index contributed by atoms with van der Waals surface area (Å²) in [6, 6.07) is 0. The molecule has 0 saturated carbocycles. The molecule has 0 aromatic heterocycles. The summed E-state index contributed by atoms with van der Waals surface area (Å²) < 4.78 is 0. The van der Waals surface area contributed by atoms with E-state index >= 15 is 0 Å². The van der Waals surface area contributed by atoms with E-state index in [2.05, 4.69) is 18.7 Å². The van der Waals surface area contributed by atoms with Gasteiger partial charge in [-0.2, -0.15) is 11.8 Å². The van der Waals surface area contributed by atoms with Gasteiger partial charge in [0.1, 0.15) is 0 Å². The molecule has 1 atom stereocenters. The standard InChI is InChI=1S/C10H21NOS/c1-3-10(2,9-12)8-11-4-6-13-7-5-11/h12H,3-9H2,1-2H3. The molecule has 0 spiro atoms. The molecule has 1 aliphatic rings. The number of hydrogen-bond acceptors (Lipinski definition) is 3. The minimum absolute atomic E-state index is 0.113. The maximum Gasteiger partial charge on any atom is 0.0496 e. The lowest BCUT2D eigenvalue weighted by Gasteiger charge is -2.35. The monoisotopic (exact) mass is 203 g/mol. The van der Waals surface area contributed by atoms with Gasteiger partial charge < -0.3 is 10.0 Å². The van der Waals surface area contributed by atoms with Crippen LogP contribution in [0.3, 0.4) is 0 Å². The summed E-state index contributed by atoms with van der Waals surface area (Å²) in [5, 5.41) is 9.28. The fraction of sp³-hybridized carbons (Fsp3) is 1.00. The Morgan fingerprint density at radius 2 is 2.00 bits per heavy atom. The van der Waals surface area contributed by atoms with Crippen LogP contribution in [-0.2, 0) is 0 Å². The highest BCUT2D eigenvalue weighted by Gasteiger charge is 2.25. The molecule has 2 nitrogen and oxygen atoms in total. The van der Waals surface area contributed by atoms with Gasteiger partial charge in [0, 0.05) is 43.2 Å². The number of thioether (sulfide) groups is 1. The average Bonchev–Trinajstić information content (AvgIpc) is 2.19. The van der Waals surface area contributed by atoms with Crippen LogP contribution in [0.15, 0.2) is 0 Å². The largest absolute Gasteiger partial charge is 0.396 e. The van der Waals surface area contributed by atoms with E-state index in [9.17, 15) is 5.11 Å². The van der Waals surface area contributed by atoms with E-state index in [0.717, 1.165) is 13.0 Å². The van der Waals surface area contributed by atoms with Crippen molar-refractivity contribution >= 4 is 11.8 Å². The third-order valence-corrected chi connectivity index (χ3v) is 3.89. The maximum atomic E-state index is 9.28. The molecule has 0 aliphatic carbocycles. The first-order chi connectivity index (χ1) is 6.20. The molecule has 1 aliphatic heterocycles. The molecule has 1 saturated heterocycles. The fourth-order valence-corrected chi connectivity index (χ4v) is 2.55. The highest BCUT2D eigenvalue weighted by molar-refractivity contribution is 7.99. The zero-order valence-electron chi connectivity index (χ0n) is 8.75. The van der Waals surface area contributed by atoms with Gasteiger partial charge in [-0.3, -0.25) is 0 Å². The third-order valence-electron chi connectivity index (χ3n) is 2.94. The van der Waals surface area contributed by atoms with E-state index in [1.807, 2.05) is 11.8 Å². The summed E-state index contributed by atoms with van der Waals surface area (Å²) in [6.07, 6.45) is 1.06. The van der Waals surface area contributed by atoms with Crippen molar-refractivity contribution in [1.29, 1.82) is 0 Å². The summed E-state index contributed by atoms with van der Waals surface area (Å²) >= 11 is 2.04. The van der Waals surface area contributed by atoms with Crippen LogP contribution < -0.4 is 0 Å². The van der Waals surface area contributed by atoms with E-state index in [1.54, 1.807) is 0 Å². The lowest BCUT2D eigenvalue weighted by atomic mass is 9.88. The van der Waals surface area contributed by atoms with Crippen LogP contribution in [0.2, 0.25) is 0 Å². The first kappa shape index (κ1) is 11.3. The van der Waals surface area contributed by atoms with Crippen molar-refractivity contribution in [2.45, 2.75) is 20.3 Å². The van der Waals surface area contributed by atoms with Crippen LogP contribution >= 0.6 is 11.8 Å². The SMILES string of the molecule is CCC(C)(CO)CN1CCSCC1. The lowest BCUT2D eigenvalue weighted by Crippen LogP contribution is -2.42. The van der Waals surface area contributed by atoms with Crippen molar-refractivity contribution in [3.05, 3.63) is 0 Å². The Morgan fingerprint density at radius 3 is 2.46 bits per heavy atom. The molecule has 1 rings (SSSR count). The Bertz CT molecular complexity index is 142. The topological polar surface area (TPSA) is 23.5 Å². The normalized spacial score (nSPS) is 24.2.